The van der Waals surface area contributed by atoms with Crippen molar-refractivity contribution in [2.45, 2.75) is 64.6 Å². The van der Waals surface area contributed by atoms with E-state index in [0.29, 0.717) is 12.1 Å². The van der Waals surface area contributed by atoms with Crippen LogP contribution in [0.1, 0.15) is 43.9 Å². The number of sulfonamides is 1. The molecule has 0 saturated carbocycles. The fraction of sp³-hybridized carbons (Fsp3) is 0.333. The fourth-order valence-corrected chi connectivity index (χ4v) is 5.84. The summed E-state index contributed by atoms with van der Waals surface area (Å²) in [7, 11) is -4.08. The van der Waals surface area contributed by atoms with E-state index in [4.69, 9.17) is 0 Å². The Labute approximate surface area is 226 Å². The van der Waals surface area contributed by atoms with Gasteiger partial charge in [0.05, 0.1) is 10.6 Å². The van der Waals surface area contributed by atoms with Crippen LogP contribution in [0.2, 0.25) is 0 Å². The van der Waals surface area contributed by atoms with Crippen LogP contribution in [0.25, 0.3) is 0 Å². The normalized spacial score (nSPS) is 12.2. The highest BCUT2D eigenvalue weighted by atomic mass is 32.2. The van der Waals surface area contributed by atoms with Crippen molar-refractivity contribution in [3.8, 4) is 0 Å². The van der Waals surface area contributed by atoms with Gasteiger partial charge in [-0.25, -0.2) is 8.42 Å². The SMILES string of the molecule is CCC(C(=O)NC(C)C)N(Cc1ccccc1)C(=O)CN(c1cc(C)cc(C)c1)S(=O)(=O)c1ccccc1. The van der Waals surface area contributed by atoms with Gasteiger partial charge in [-0.15, -0.1) is 0 Å². The highest BCUT2D eigenvalue weighted by molar-refractivity contribution is 7.92. The lowest BCUT2D eigenvalue weighted by Gasteiger charge is -2.33. The Morgan fingerprint density at radius 1 is 0.868 bits per heavy atom. The number of benzene rings is 3. The van der Waals surface area contributed by atoms with Gasteiger partial charge in [-0.05, 0) is 75.1 Å². The zero-order valence-corrected chi connectivity index (χ0v) is 23.5. The average molecular weight is 536 g/mol. The van der Waals surface area contributed by atoms with Gasteiger partial charge in [-0.2, -0.15) is 0 Å². The molecular formula is C30H37N3O4S. The van der Waals surface area contributed by atoms with Gasteiger partial charge in [0.25, 0.3) is 10.0 Å². The molecule has 0 aliphatic heterocycles. The van der Waals surface area contributed by atoms with Crippen molar-refractivity contribution in [2.24, 2.45) is 0 Å². The number of carbonyl (C=O) groups excluding carboxylic acids is 2. The summed E-state index contributed by atoms with van der Waals surface area (Å²) in [4.78, 5) is 28.7. The molecule has 0 bridgehead atoms. The van der Waals surface area contributed by atoms with E-state index in [1.54, 1.807) is 30.3 Å². The number of anilines is 1. The van der Waals surface area contributed by atoms with Crippen LogP contribution >= 0.6 is 0 Å². The molecule has 0 heterocycles. The van der Waals surface area contributed by atoms with E-state index < -0.39 is 28.5 Å². The molecule has 38 heavy (non-hydrogen) atoms. The maximum atomic E-state index is 14.0. The van der Waals surface area contributed by atoms with Crippen LogP contribution < -0.4 is 9.62 Å². The number of carbonyl (C=O) groups is 2. The first-order chi connectivity index (χ1) is 18.0. The first-order valence-electron chi connectivity index (χ1n) is 12.8. The maximum absolute atomic E-state index is 14.0. The van der Waals surface area contributed by atoms with Gasteiger partial charge < -0.3 is 10.2 Å². The molecule has 3 aromatic carbocycles. The quantitative estimate of drug-likeness (QED) is 0.381. The summed E-state index contributed by atoms with van der Waals surface area (Å²) < 4.78 is 28.9. The molecule has 1 unspecified atom stereocenters. The molecule has 0 aliphatic carbocycles. The number of nitrogens with one attached hydrogen (secondary N) is 1. The van der Waals surface area contributed by atoms with Crippen LogP contribution in [0.15, 0.2) is 83.8 Å². The first-order valence-corrected chi connectivity index (χ1v) is 14.3. The topological polar surface area (TPSA) is 86.8 Å². The minimum Gasteiger partial charge on any atom is -0.352 e. The third-order valence-corrected chi connectivity index (χ3v) is 7.91. The van der Waals surface area contributed by atoms with E-state index in [1.807, 2.05) is 71.0 Å². The van der Waals surface area contributed by atoms with Gasteiger partial charge >= 0.3 is 0 Å². The standard InChI is InChI=1S/C30H37N3O4S/c1-6-28(30(35)31-22(2)3)32(20-25-13-9-7-10-14-25)29(34)21-33(26-18-23(4)17-24(5)19-26)38(36,37)27-15-11-8-12-16-27/h7-19,22,28H,6,20-21H2,1-5H3,(H,31,35). The van der Waals surface area contributed by atoms with Crippen molar-refractivity contribution >= 4 is 27.5 Å². The fourth-order valence-electron chi connectivity index (χ4n) is 4.42. The summed E-state index contributed by atoms with van der Waals surface area (Å²) in [5.41, 5.74) is 3.01. The second-order valence-electron chi connectivity index (χ2n) is 9.77. The number of nitrogens with zero attached hydrogens (tertiary/aromatic N) is 2. The summed E-state index contributed by atoms with van der Waals surface area (Å²) >= 11 is 0. The molecule has 2 amide bonds. The lowest BCUT2D eigenvalue weighted by molar-refractivity contribution is -0.140. The predicted molar refractivity (Wildman–Crippen MR) is 151 cm³/mol. The summed E-state index contributed by atoms with van der Waals surface area (Å²) in [6.45, 7) is 9.07. The van der Waals surface area contributed by atoms with Crippen molar-refractivity contribution in [3.63, 3.8) is 0 Å². The molecular weight excluding hydrogens is 498 g/mol. The second kappa shape index (κ2) is 12.7. The molecule has 3 rings (SSSR count). The average Bonchev–Trinajstić information content (AvgIpc) is 2.87. The van der Waals surface area contributed by atoms with E-state index in [-0.39, 0.29) is 23.4 Å². The zero-order chi connectivity index (χ0) is 27.9. The van der Waals surface area contributed by atoms with E-state index >= 15 is 0 Å². The smallest absolute Gasteiger partial charge is 0.264 e. The van der Waals surface area contributed by atoms with Crippen molar-refractivity contribution in [1.82, 2.24) is 10.2 Å². The third-order valence-electron chi connectivity index (χ3n) is 6.12. The highest BCUT2D eigenvalue weighted by Gasteiger charge is 2.33. The molecule has 8 heteroatoms. The molecule has 7 nitrogen and oxygen atoms in total. The van der Waals surface area contributed by atoms with E-state index in [1.165, 1.54) is 17.0 Å². The van der Waals surface area contributed by atoms with Crippen LogP contribution in [0.5, 0.6) is 0 Å². The van der Waals surface area contributed by atoms with Gasteiger partial charge in [0.2, 0.25) is 11.8 Å². The number of hydrogen-bond donors (Lipinski definition) is 1. The van der Waals surface area contributed by atoms with E-state index in [2.05, 4.69) is 5.32 Å². The van der Waals surface area contributed by atoms with Crippen LogP contribution in [0, 0.1) is 13.8 Å². The minimum atomic E-state index is -4.08. The number of rotatable bonds is 11. The molecule has 0 radical (unpaired) electrons. The summed E-state index contributed by atoms with van der Waals surface area (Å²) in [6, 6.07) is 22.1. The Hall–Kier alpha value is -3.65. The molecule has 0 aliphatic rings. The number of amides is 2. The van der Waals surface area contributed by atoms with Crippen LogP contribution in [0.3, 0.4) is 0 Å². The maximum Gasteiger partial charge on any atom is 0.264 e. The molecule has 3 aromatic rings. The second-order valence-corrected chi connectivity index (χ2v) is 11.6. The summed E-state index contributed by atoms with van der Waals surface area (Å²) in [5, 5.41) is 2.91. The molecule has 1 N–H and O–H groups in total. The number of aryl methyl sites for hydroxylation is 2. The molecule has 1 atom stereocenters. The Bertz CT molecular complexity index is 1320. The molecule has 0 spiro atoms. The lowest BCUT2D eigenvalue weighted by Crippen LogP contribution is -2.53. The van der Waals surface area contributed by atoms with Gasteiger partial charge in [0, 0.05) is 12.6 Å². The monoisotopic (exact) mass is 535 g/mol. The zero-order valence-electron chi connectivity index (χ0n) is 22.7. The van der Waals surface area contributed by atoms with Crippen molar-refractivity contribution in [2.75, 3.05) is 10.8 Å². The van der Waals surface area contributed by atoms with Crippen LogP contribution in [-0.4, -0.2) is 43.8 Å². The van der Waals surface area contributed by atoms with Crippen molar-refractivity contribution in [3.05, 3.63) is 95.6 Å². The largest absolute Gasteiger partial charge is 0.352 e. The number of hydrogen-bond acceptors (Lipinski definition) is 4. The van der Waals surface area contributed by atoms with Crippen LogP contribution in [-0.2, 0) is 26.2 Å². The Morgan fingerprint density at radius 2 is 1.42 bits per heavy atom. The van der Waals surface area contributed by atoms with E-state index in [9.17, 15) is 18.0 Å². The molecule has 0 fully saturated rings. The Morgan fingerprint density at radius 3 is 1.95 bits per heavy atom. The molecule has 0 saturated heterocycles. The molecule has 0 aromatic heterocycles. The summed E-state index contributed by atoms with van der Waals surface area (Å²) in [5.74, 6) is -0.728. The Balaban J connectivity index is 2.07. The summed E-state index contributed by atoms with van der Waals surface area (Å²) in [6.07, 6.45) is 0.381. The third kappa shape index (κ3) is 7.22. The highest BCUT2D eigenvalue weighted by Crippen LogP contribution is 2.27. The lowest BCUT2D eigenvalue weighted by atomic mass is 10.1. The van der Waals surface area contributed by atoms with Gasteiger partial charge in [-0.1, -0.05) is 61.5 Å². The van der Waals surface area contributed by atoms with E-state index in [0.717, 1.165) is 21.0 Å². The molecule has 202 valence electrons. The van der Waals surface area contributed by atoms with Gasteiger partial charge in [0.1, 0.15) is 12.6 Å². The first kappa shape index (κ1) is 28.9. The van der Waals surface area contributed by atoms with Gasteiger partial charge in [-0.3, -0.25) is 13.9 Å². The predicted octanol–water partition coefficient (Wildman–Crippen LogP) is 4.83. The Kier molecular flexibility index (Phi) is 9.69. The minimum absolute atomic E-state index is 0.0890. The van der Waals surface area contributed by atoms with Crippen molar-refractivity contribution < 1.29 is 18.0 Å². The van der Waals surface area contributed by atoms with Gasteiger partial charge in [0.15, 0.2) is 0 Å². The van der Waals surface area contributed by atoms with Crippen LogP contribution in [0.4, 0.5) is 5.69 Å². The van der Waals surface area contributed by atoms with Crippen molar-refractivity contribution in [1.29, 1.82) is 0 Å².